The predicted octanol–water partition coefficient (Wildman–Crippen LogP) is 7.14. The molecule has 2 fully saturated rings. The molecule has 4 aromatic carbocycles. The Morgan fingerprint density at radius 2 is 1.03 bits per heavy atom. The Hall–Kier alpha value is -5.99. The molecule has 12 nitrogen and oxygen atoms in total. The van der Waals surface area contributed by atoms with Gasteiger partial charge in [0.2, 0.25) is 0 Å². The van der Waals surface area contributed by atoms with Crippen LogP contribution in [0.1, 0.15) is 72.0 Å². The van der Waals surface area contributed by atoms with Gasteiger partial charge in [0.15, 0.2) is 34.1 Å². The summed E-state index contributed by atoms with van der Waals surface area (Å²) in [7, 11) is 0. The Balaban J connectivity index is 0.000000149. The standard InChI is InChI=1S/C25H21F2N3O3S.C24H19F2N3O3S2/c1-14-19(31)8-9-29-23(14)25(32)28-10-11-33-12-21(28)30(29)24-15-6-7-18(26)22(27)17(15)13-34-20-5-3-2-4-16(20)24;25-16-6-5-13-15(20(16)26)12-34-18-4-2-1-3-14(18)21(13)29-19-11-32-10-9-27(19)24(31)22-23(33)17(30)7-8-28(22)29/h2-9,21,24H,10-13H2,1H3;1-8,19,21,33H,9-12H2/t21-,24+;19-,21+/m11/s1. The summed E-state index contributed by atoms with van der Waals surface area (Å²) in [6, 6.07) is 22.7. The third-order valence-electron chi connectivity index (χ3n) is 13.4. The third kappa shape index (κ3) is 7.06. The number of thiol groups is 1. The average molecular weight is 981 g/mol. The number of aromatic nitrogens is 2. The molecule has 12 rings (SSSR count). The van der Waals surface area contributed by atoms with Crippen molar-refractivity contribution in [2.24, 2.45) is 0 Å². The van der Waals surface area contributed by atoms with Crippen molar-refractivity contribution in [2.45, 2.75) is 57.5 Å². The molecule has 0 spiro atoms. The number of ether oxygens (including phenoxy) is 2. The molecule has 0 N–H and O–H groups in total. The molecule has 0 aliphatic carbocycles. The van der Waals surface area contributed by atoms with E-state index in [1.807, 2.05) is 58.5 Å². The summed E-state index contributed by atoms with van der Waals surface area (Å²) in [4.78, 5) is 57.1. The molecule has 8 heterocycles. The lowest BCUT2D eigenvalue weighted by atomic mass is 9.93. The number of nitrogens with zero attached hydrogens (tertiary/aromatic N) is 6. The second-order valence-electron chi connectivity index (χ2n) is 16.9. The number of rotatable bonds is 2. The lowest BCUT2D eigenvalue weighted by molar-refractivity contribution is -0.0199. The van der Waals surface area contributed by atoms with E-state index < -0.39 is 47.7 Å². The van der Waals surface area contributed by atoms with Crippen molar-refractivity contribution in [3.63, 3.8) is 0 Å². The van der Waals surface area contributed by atoms with Crippen molar-refractivity contribution in [1.29, 1.82) is 0 Å². The van der Waals surface area contributed by atoms with E-state index in [2.05, 4.69) is 12.6 Å². The highest BCUT2D eigenvalue weighted by atomic mass is 32.2. The first-order valence-corrected chi connectivity index (χ1v) is 24.2. The first kappa shape index (κ1) is 44.5. The molecule has 6 aliphatic heterocycles. The van der Waals surface area contributed by atoms with Crippen molar-refractivity contribution in [3.05, 3.63) is 191 Å². The molecule has 2 aromatic heterocycles. The topological polar surface area (TPSA) is 110 Å². The Kier molecular flexibility index (Phi) is 11.5. The number of carbonyl (C=O) groups excluding carboxylic acids is 2. The van der Waals surface area contributed by atoms with Crippen LogP contribution in [-0.2, 0) is 21.0 Å². The van der Waals surface area contributed by atoms with Gasteiger partial charge in [-0.25, -0.2) is 17.6 Å². The van der Waals surface area contributed by atoms with E-state index in [0.29, 0.717) is 48.6 Å². The minimum atomic E-state index is -0.901. The van der Waals surface area contributed by atoms with Crippen LogP contribution in [0.5, 0.6) is 0 Å². The van der Waals surface area contributed by atoms with Crippen molar-refractivity contribution in [2.75, 3.05) is 49.5 Å². The fraction of sp³-hybridized carbons (Fsp3) is 0.265. The third-order valence-corrected chi connectivity index (χ3v) is 16.0. The number of thioether (sulfide) groups is 2. The molecule has 4 atom stereocenters. The average Bonchev–Trinajstić information content (AvgIpc) is 3.63. The van der Waals surface area contributed by atoms with Crippen molar-refractivity contribution < 1.29 is 36.6 Å². The molecule has 2 amide bonds. The number of morpholine rings is 2. The van der Waals surface area contributed by atoms with Crippen LogP contribution in [0.2, 0.25) is 0 Å². The Bertz CT molecular complexity index is 3000. The molecule has 0 unspecified atom stereocenters. The lowest BCUT2D eigenvalue weighted by Crippen LogP contribution is -2.66. The van der Waals surface area contributed by atoms with E-state index in [1.54, 1.807) is 50.6 Å². The van der Waals surface area contributed by atoms with E-state index in [-0.39, 0.29) is 69.2 Å². The van der Waals surface area contributed by atoms with Gasteiger partial charge in [-0.05, 0) is 53.4 Å². The van der Waals surface area contributed by atoms with E-state index >= 15 is 8.78 Å². The van der Waals surface area contributed by atoms with Crippen molar-refractivity contribution in [1.82, 2.24) is 19.2 Å². The summed E-state index contributed by atoms with van der Waals surface area (Å²) in [5.41, 5.74) is 3.80. The van der Waals surface area contributed by atoms with Crippen LogP contribution in [0.15, 0.2) is 122 Å². The number of halogens is 4. The quantitative estimate of drug-likeness (QED) is 0.142. The highest BCUT2D eigenvalue weighted by Crippen LogP contribution is 2.47. The lowest BCUT2D eigenvalue weighted by Gasteiger charge is -2.51. The molecule has 68 heavy (non-hydrogen) atoms. The maximum atomic E-state index is 15.1. The number of hydrogen-bond acceptors (Lipinski definition) is 11. The Morgan fingerprint density at radius 1 is 0.574 bits per heavy atom. The minimum Gasteiger partial charge on any atom is -0.375 e. The fourth-order valence-electron chi connectivity index (χ4n) is 10.1. The van der Waals surface area contributed by atoms with Gasteiger partial charge in [-0.1, -0.05) is 48.5 Å². The summed E-state index contributed by atoms with van der Waals surface area (Å²) in [6.07, 6.45) is 2.12. The smallest absolute Gasteiger partial charge is 0.275 e. The van der Waals surface area contributed by atoms with Crippen LogP contribution < -0.4 is 20.9 Å². The van der Waals surface area contributed by atoms with Gasteiger partial charge in [-0.15, -0.1) is 36.2 Å². The van der Waals surface area contributed by atoms with E-state index in [9.17, 15) is 28.0 Å². The zero-order chi connectivity index (χ0) is 47.1. The van der Waals surface area contributed by atoms with Gasteiger partial charge in [-0.2, -0.15) is 0 Å². The summed E-state index contributed by atoms with van der Waals surface area (Å²) in [5, 5.41) is 3.90. The molecule has 0 bridgehead atoms. The van der Waals surface area contributed by atoms with E-state index in [0.717, 1.165) is 33.1 Å². The number of pyridine rings is 2. The fourth-order valence-corrected chi connectivity index (χ4v) is 12.6. The predicted molar refractivity (Wildman–Crippen MR) is 250 cm³/mol. The number of hydrogen-bond donors (Lipinski definition) is 1. The molecular weight excluding hydrogens is 941 g/mol. The van der Waals surface area contributed by atoms with Crippen LogP contribution in [0.25, 0.3) is 0 Å². The minimum absolute atomic E-state index is 0.0456. The first-order chi connectivity index (χ1) is 32.9. The normalized spacial score (nSPS) is 21.3. The highest BCUT2D eigenvalue weighted by Gasteiger charge is 2.47. The summed E-state index contributed by atoms with van der Waals surface area (Å²) in [6.45, 7) is 3.58. The van der Waals surface area contributed by atoms with E-state index in [4.69, 9.17) is 9.47 Å². The molecule has 6 aromatic rings. The SMILES string of the molecule is Cc1c2n(ccc1=O)N([C@@H]1c3ccccc3SCc3c1ccc(F)c3F)[C@@H]1COCCN1C2=O.O=C1c2c(S)c(=O)ccn2N([C@@H]2c3ccccc3SCc3c2ccc(F)c3F)[C@@H]2COCCN12. The van der Waals surface area contributed by atoms with Crippen LogP contribution in [0.3, 0.4) is 0 Å². The van der Waals surface area contributed by atoms with Crippen molar-refractivity contribution in [3.8, 4) is 0 Å². The summed E-state index contributed by atoms with van der Waals surface area (Å²) in [5.74, 6) is -3.52. The summed E-state index contributed by atoms with van der Waals surface area (Å²) >= 11 is 7.27. The molecule has 0 radical (unpaired) electrons. The van der Waals surface area contributed by atoms with Crippen LogP contribution in [-0.4, -0.2) is 82.8 Å². The van der Waals surface area contributed by atoms with E-state index in [1.165, 1.54) is 35.7 Å². The first-order valence-electron chi connectivity index (χ1n) is 21.8. The zero-order valence-corrected chi connectivity index (χ0v) is 38.6. The molecule has 6 aliphatic rings. The van der Waals surface area contributed by atoms with Crippen LogP contribution in [0, 0.1) is 30.2 Å². The largest absolute Gasteiger partial charge is 0.375 e. The number of carbonyl (C=O) groups is 2. The monoisotopic (exact) mass is 980 g/mol. The Labute approximate surface area is 400 Å². The molecule has 2 saturated heterocycles. The van der Waals surface area contributed by atoms with Gasteiger partial charge >= 0.3 is 0 Å². The van der Waals surface area contributed by atoms with Crippen molar-refractivity contribution >= 4 is 48.0 Å². The second kappa shape index (κ2) is 17.5. The summed E-state index contributed by atoms with van der Waals surface area (Å²) < 4.78 is 73.6. The highest BCUT2D eigenvalue weighted by molar-refractivity contribution is 7.98. The maximum Gasteiger partial charge on any atom is 0.275 e. The zero-order valence-electron chi connectivity index (χ0n) is 36.1. The van der Waals surface area contributed by atoms with Gasteiger partial charge in [-0.3, -0.25) is 38.5 Å². The number of amides is 2. The van der Waals surface area contributed by atoms with Gasteiger partial charge in [0, 0.05) is 75.6 Å². The molecular formula is C49H40F4N6O6S3. The Morgan fingerprint density at radius 3 is 1.54 bits per heavy atom. The molecule has 348 valence electrons. The maximum absolute atomic E-state index is 15.1. The van der Waals surface area contributed by atoms with Crippen LogP contribution >= 0.6 is 36.2 Å². The van der Waals surface area contributed by atoms with Gasteiger partial charge < -0.3 is 19.3 Å². The van der Waals surface area contributed by atoms with Crippen LogP contribution in [0.4, 0.5) is 17.6 Å². The molecule has 0 saturated carbocycles. The van der Waals surface area contributed by atoms with Gasteiger partial charge in [0.05, 0.1) is 43.4 Å². The number of benzene rings is 4. The second-order valence-corrected chi connectivity index (χ2v) is 19.4. The van der Waals surface area contributed by atoms with Gasteiger partial charge in [0.25, 0.3) is 11.8 Å². The van der Waals surface area contributed by atoms with Gasteiger partial charge in [0.1, 0.15) is 23.7 Å². The number of fused-ring (bicyclic) bond motifs is 8. The molecule has 19 heteroatoms.